The van der Waals surface area contributed by atoms with Gasteiger partial charge in [0.05, 0.1) is 13.2 Å². The van der Waals surface area contributed by atoms with E-state index in [0.29, 0.717) is 12.0 Å². The standard InChI is InChI=1S/C18H29NO2/c1-14(2)12-19-13-15-11-17(20-3)9-10-18(15)21-16-7-5-4-6-8-16/h9-11,14,16,19H,4-8,12-13H2,1-3H3. The van der Waals surface area contributed by atoms with E-state index in [1.807, 2.05) is 6.07 Å². The molecule has 3 heteroatoms. The summed E-state index contributed by atoms with van der Waals surface area (Å²) in [5, 5.41) is 3.49. The first-order valence-corrected chi connectivity index (χ1v) is 8.23. The zero-order valence-corrected chi connectivity index (χ0v) is 13.7. The largest absolute Gasteiger partial charge is 0.497 e. The van der Waals surface area contributed by atoms with E-state index >= 15 is 0 Å². The molecule has 0 radical (unpaired) electrons. The summed E-state index contributed by atoms with van der Waals surface area (Å²) in [5.74, 6) is 2.56. The van der Waals surface area contributed by atoms with Gasteiger partial charge in [-0.15, -0.1) is 0 Å². The summed E-state index contributed by atoms with van der Waals surface area (Å²) in [6.45, 7) is 6.29. The summed E-state index contributed by atoms with van der Waals surface area (Å²) in [4.78, 5) is 0. The first-order valence-electron chi connectivity index (χ1n) is 8.23. The van der Waals surface area contributed by atoms with Gasteiger partial charge in [0.15, 0.2) is 0 Å². The topological polar surface area (TPSA) is 30.5 Å². The van der Waals surface area contributed by atoms with Gasteiger partial charge in [-0.2, -0.15) is 0 Å². The molecule has 1 aromatic rings. The SMILES string of the molecule is COc1ccc(OC2CCCCC2)c(CNCC(C)C)c1. The maximum absolute atomic E-state index is 6.25. The van der Waals surface area contributed by atoms with Crippen molar-refractivity contribution in [3.63, 3.8) is 0 Å². The molecule has 1 fully saturated rings. The molecule has 1 aromatic carbocycles. The molecule has 1 aliphatic rings. The van der Waals surface area contributed by atoms with Gasteiger partial charge in [0, 0.05) is 12.1 Å². The van der Waals surface area contributed by atoms with Crippen LogP contribution in [0.15, 0.2) is 18.2 Å². The van der Waals surface area contributed by atoms with Crippen LogP contribution in [0.25, 0.3) is 0 Å². The lowest BCUT2D eigenvalue weighted by molar-refractivity contribution is 0.153. The molecule has 0 unspecified atom stereocenters. The Morgan fingerprint density at radius 3 is 2.62 bits per heavy atom. The number of rotatable bonds is 7. The van der Waals surface area contributed by atoms with Gasteiger partial charge in [-0.3, -0.25) is 0 Å². The summed E-state index contributed by atoms with van der Waals surface area (Å²) >= 11 is 0. The molecule has 118 valence electrons. The number of methoxy groups -OCH3 is 1. The second kappa shape index (κ2) is 8.28. The van der Waals surface area contributed by atoms with Crippen LogP contribution in [0, 0.1) is 5.92 Å². The predicted molar refractivity (Wildman–Crippen MR) is 87.0 cm³/mol. The minimum atomic E-state index is 0.385. The van der Waals surface area contributed by atoms with Crippen molar-refractivity contribution >= 4 is 0 Å². The molecule has 21 heavy (non-hydrogen) atoms. The monoisotopic (exact) mass is 291 g/mol. The Bertz CT molecular complexity index is 425. The smallest absolute Gasteiger partial charge is 0.124 e. The molecule has 2 rings (SSSR count). The lowest BCUT2D eigenvalue weighted by Crippen LogP contribution is -2.22. The Balaban J connectivity index is 2.02. The highest BCUT2D eigenvalue weighted by atomic mass is 16.5. The van der Waals surface area contributed by atoms with Gasteiger partial charge >= 0.3 is 0 Å². The Labute approximate surface area is 129 Å². The van der Waals surface area contributed by atoms with E-state index in [-0.39, 0.29) is 0 Å². The van der Waals surface area contributed by atoms with Crippen LogP contribution in [-0.2, 0) is 6.54 Å². The van der Waals surface area contributed by atoms with Gasteiger partial charge in [-0.1, -0.05) is 20.3 Å². The summed E-state index contributed by atoms with van der Waals surface area (Å²) < 4.78 is 11.6. The molecule has 0 atom stereocenters. The molecule has 0 heterocycles. The Kier molecular flexibility index (Phi) is 6.37. The van der Waals surface area contributed by atoms with Crippen LogP contribution in [0.1, 0.15) is 51.5 Å². The summed E-state index contributed by atoms with van der Waals surface area (Å²) in [7, 11) is 1.71. The summed E-state index contributed by atoms with van der Waals surface area (Å²) in [6.07, 6.45) is 6.70. The molecule has 0 aliphatic heterocycles. The third kappa shape index (κ3) is 5.24. The molecule has 0 amide bonds. The second-order valence-electron chi connectivity index (χ2n) is 6.38. The van der Waals surface area contributed by atoms with Crippen molar-refractivity contribution in [3.05, 3.63) is 23.8 Å². The molecule has 3 nitrogen and oxygen atoms in total. The van der Waals surface area contributed by atoms with Crippen molar-refractivity contribution < 1.29 is 9.47 Å². The van der Waals surface area contributed by atoms with E-state index in [9.17, 15) is 0 Å². The summed E-state index contributed by atoms with van der Waals surface area (Å²) in [5.41, 5.74) is 1.19. The minimum Gasteiger partial charge on any atom is -0.497 e. The van der Waals surface area contributed by atoms with Crippen LogP contribution in [0.5, 0.6) is 11.5 Å². The highest BCUT2D eigenvalue weighted by Crippen LogP contribution is 2.28. The van der Waals surface area contributed by atoms with Crippen LogP contribution in [0.2, 0.25) is 0 Å². The average Bonchev–Trinajstić information content (AvgIpc) is 2.49. The fraction of sp³-hybridized carbons (Fsp3) is 0.667. The maximum Gasteiger partial charge on any atom is 0.124 e. The molecule has 1 saturated carbocycles. The molecular weight excluding hydrogens is 262 g/mol. The zero-order chi connectivity index (χ0) is 15.1. The van der Waals surface area contributed by atoms with E-state index < -0.39 is 0 Å². The van der Waals surface area contributed by atoms with Crippen molar-refractivity contribution in [2.24, 2.45) is 5.92 Å². The van der Waals surface area contributed by atoms with Gasteiger partial charge in [-0.25, -0.2) is 0 Å². The molecule has 1 N–H and O–H groups in total. The van der Waals surface area contributed by atoms with Gasteiger partial charge in [0.2, 0.25) is 0 Å². The third-order valence-electron chi connectivity index (χ3n) is 3.98. The zero-order valence-electron chi connectivity index (χ0n) is 13.7. The lowest BCUT2D eigenvalue weighted by atomic mass is 9.97. The number of benzene rings is 1. The number of hydrogen-bond donors (Lipinski definition) is 1. The van der Waals surface area contributed by atoms with E-state index in [1.165, 1.54) is 37.7 Å². The summed E-state index contributed by atoms with van der Waals surface area (Å²) in [6, 6.07) is 6.13. The number of nitrogens with one attached hydrogen (secondary N) is 1. The van der Waals surface area contributed by atoms with Gasteiger partial charge < -0.3 is 14.8 Å². The van der Waals surface area contributed by atoms with Crippen molar-refractivity contribution in [3.8, 4) is 11.5 Å². The van der Waals surface area contributed by atoms with Gasteiger partial charge in [0.1, 0.15) is 11.5 Å². The normalized spacial score (nSPS) is 16.2. The van der Waals surface area contributed by atoms with Crippen LogP contribution >= 0.6 is 0 Å². The van der Waals surface area contributed by atoms with Crippen molar-refractivity contribution in [1.29, 1.82) is 0 Å². The highest BCUT2D eigenvalue weighted by Gasteiger charge is 2.16. The van der Waals surface area contributed by atoms with E-state index in [2.05, 4.69) is 31.3 Å². The van der Waals surface area contributed by atoms with Crippen molar-refractivity contribution in [1.82, 2.24) is 5.32 Å². The van der Waals surface area contributed by atoms with Gasteiger partial charge in [-0.05, 0) is 56.3 Å². The third-order valence-corrected chi connectivity index (χ3v) is 3.98. The van der Waals surface area contributed by atoms with Crippen LogP contribution in [-0.4, -0.2) is 19.8 Å². The predicted octanol–water partition coefficient (Wildman–Crippen LogP) is 4.15. The van der Waals surface area contributed by atoms with Crippen LogP contribution in [0.4, 0.5) is 0 Å². The molecule has 0 saturated heterocycles. The highest BCUT2D eigenvalue weighted by molar-refractivity contribution is 5.40. The van der Waals surface area contributed by atoms with Crippen molar-refractivity contribution in [2.75, 3.05) is 13.7 Å². The number of ether oxygens (including phenoxy) is 2. The Morgan fingerprint density at radius 1 is 1.19 bits per heavy atom. The Morgan fingerprint density at radius 2 is 1.95 bits per heavy atom. The first-order chi connectivity index (χ1) is 10.2. The quantitative estimate of drug-likeness (QED) is 0.818. The van der Waals surface area contributed by atoms with E-state index in [4.69, 9.17) is 9.47 Å². The lowest BCUT2D eigenvalue weighted by Gasteiger charge is -2.24. The Hall–Kier alpha value is -1.22. The van der Waals surface area contributed by atoms with E-state index in [1.54, 1.807) is 7.11 Å². The molecular formula is C18H29NO2. The molecule has 1 aliphatic carbocycles. The molecule has 0 bridgehead atoms. The fourth-order valence-electron chi connectivity index (χ4n) is 2.79. The fourth-order valence-corrected chi connectivity index (χ4v) is 2.79. The van der Waals surface area contributed by atoms with Crippen LogP contribution < -0.4 is 14.8 Å². The van der Waals surface area contributed by atoms with Gasteiger partial charge in [0.25, 0.3) is 0 Å². The number of hydrogen-bond acceptors (Lipinski definition) is 3. The maximum atomic E-state index is 6.25. The first kappa shape index (κ1) is 16.2. The van der Waals surface area contributed by atoms with Crippen LogP contribution in [0.3, 0.4) is 0 Å². The molecule has 0 spiro atoms. The minimum absolute atomic E-state index is 0.385. The molecule has 0 aromatic heterocycles. The second-order valence-corrected chi connectivity index (χ2v) is 6.38. The average molecular weight is 291 g/mol. The van der Waals surface area contributed by atoms with E-state index in [0.717, 1.165) is 24.6 Å². The van der Waals surface area contributed by atoms with Crippen molar-refractivity contribution in [2.45, 2.75) is 58.6 Å².